The quantitative estimate of drug-likeness (QED) is 0.258. The zero-order chi connectivity index (χ0) is 19.1. The molecule has 0 aliphatic carbocycles. The number of esters is 1. The zero-order valence-electron chi connectivity index (χ0n) is 17.7. The highest BCUT2D eigenvalue weighted by Crippen LogP contribution is 2.11. The van der Waals surface area contributed by atoms with Gasteiger partial charge in [0.05, 0.1) is 20.7 Å². The Bertz CT molecular complexity index is 477. The van der Waals surface area contributed by atoms with Crippen LogP contribution in [0.5, 0.6) is 0 Å². The van der Waals surface area contributed by atoms with Gasteiger partial charge in [0.2, 0.25) is 0 Å². The first-order valence-electron chi connectivity index (χ1n) is 10.5. The number of quaternary nitrogens is 1. The molecule has 0 amide bonds. The van der Waals surface area contributed by atoms with Crippen molar-refractivity contribution in [2.75, 3.05) is 27.2 Å². The lowest BCUT2D eigenvalue weighted by molar-refractivity contribution is -0.896. The third-order valence-electron chi connectivity index (χ3n) is 4.77. The van der Waals surface area contributed by atoms with Crippen molar-refractivity contribution in [2.24, 2.45) is 0 Å². The molecule has 1 aromatic rings. The second-order valence-electron chi connectivity index (χ2n) is 8.14. The Labute approximate surface area is 173 Å². The molecular formula is C23H40ClNO2. The Kier molecular flexibility index (Phi) is 15.3. The maximum Gasteiger partial charge on any atom is 0.361 e. The molecule has 0 atom stereocenters. The molecule has 1 aromatic carbocycles. The molecule has 0 N–H and O–H groups in total. The van der Waals surface area contributed by atoms with Crippen LogP contribution in [0, 0.1) is 0 Å². The summed E-state index contributed by atoms with van der Waals surface area (Å²) in [5.74, 6) is -0.0816. The zero-order valence-corrected chi connectivity index (χ0v) is 18.5. The molecule has 0 aromatic heterocycles. The Balaban J connectivity index is 0.00000676. The SMILES string of the molecule is CCCCCCCCCCCCOC(=O)C[N+](C)(C)Cc1ccccc1.[Cl-]. The summed E-state index contributed by atoms with van der Waals surface area (Å²) in [6.45, 7) is 4.09. The lowest BCUT2D eigenvalue weighted by Gasteiger charge is -2.28. The Morgan fingerprint density at radius 1 is 0.852 bits per heavy atom. The molecule has 0 fully saturated rings. The minimum atomic E-state index is -0.0816. The summed E-state index contributed by atoms with van der Waals surface area (Å²) in [4.78, 5) is 12.1. The van der Waals surface area contributed by atoms with Gasteiger partial charge in [0.25, 0.3) is 0 Å². The minimum Gasteiger partial charge on any atom is -1.00 e. The average molecular weight is 398 g/mol. The van der Waals surface area contributed by atoms with Gasteiger partial charge in [-0.3, -0.25) is 0 Å². The van der Waals surface area contributed by atoms with E-state index in [2.05, 4.69) is 33.2 Å². The third kappa shape index (κ3) is 14.6. The van der Waals surface area contributed by atoms with Gasteiger partial charge in [0.15, 0.2) is 6.54 Å². The molecule has 27 heavy (non-hydrogen) atoms. The number of hydrogen-bond acceptors (Lipinski definition) is 2. The number of likely N-dealkylation sites (N-methyl/N-ethyl adjacent to an activating group) is 1. The van der Waals surface area contributed by atoms with Crippen molar-refractivity contribution in [1.29, 1.82) is 0 Å². The van der Waals surface area contributed by atoms with Gasteiger partial charge in [0, 0.05) is 5.56 Å². The lowest BCUT2D eigenvalue weighted by Crippen LogP contribution is -3.00. The van der Waals surface area contributed by atoms with Crippen LogP contribution in [0.3, 0.4) is 0 Å². The van der Waals surface area contributed by atoms with Crippen molar-refractivity contribution in [3.63, 3.8) is 0 Å². The van der Waals surface area contributed by atoms with Crippen LogP contribution in [0.15, 0.2) is 30.3 Å². The van der Waals surface area contributed by atoms with Crippen LogP contribution in [-0.4, -0.2) is 37.7 Å². The Hall–Kier alpha value is -1.06. The molecular weight excluding hydrogens is 358 g/mol. The van der Waals surface area contributed by atoms with Crippen molar-refractivity contribution in [1.82, 2.24) is 0 Å². The summed E-state index contributed by atoms with van der Waals surface area (Å²) < 4.78 is 6.06. The predicted molar refractivity (Wildman–Crippen MR) is 110 cm³/mol. The van der Waals surface area contributed by atoms with Crippen molar-refractivity contribution in [3.8, 4) is 0 Å². The molecule has 1 rings (SSSR count). The van der Waals surface area contributed by atoms with Crippen LogP contribution in [0.1, 0.15) is 76.7 Å². The highest BCUT2D eigenvalue weighted by Gasteiger charge is 2.21. The van der Waals surface area contributed by atoms with E-state index in [9.17, 15) is 4.79 Å². The van der Waals surface area contributed by atoms with Crippen molar-refractivity contribution in [2.45, 2.75) is 77.7 Å². The minimum absolute atomic E-state index is 0. The number of carbonyl (C=O) groups is 1. The number of unbranched alkanes of at least 4 members (excludes halogenated alkanes) is 9. The van der Waals surface area contributed by atoms with E-state index in [0.717, 1.165) is 13.0 Å². The molecule has 3 nitrogen and oxygen atoms in total. The fraction of sp³-hybridized carbons (Fsp3) is 0.696. The van der Waals surface area contributed by atoms with Gasteiger partial charge in [-0.1, -0.05) is 95.0 Å². The second kappa shape index (κ2) is 15.9. The summed E-state index contributed by atoms with van der Waals surface area (Å²) in [6.07, 6.45) is 13.0. The fourth-order valence-corrected chi connectivity index (χ4v) is 3.30. The first-order valence-corrected chi connectivity index (χ1v) is 10.5. The monoisotopic (exact) mass is 397 g/mol. The topological polar surface area (TPSA) is 26.3 Å². The van der Waals surface area contributed by atoms with E-state index >= 15 is 0 Å². The molecule has 0 aliphatic heterocycles. The number of benzene rings is 1. The number of halogens is 1. The highest BCUT2D eigenvalue weighted by atomic mass is 35.5. The largest absolute Gasteiger partial charge is 1.00 e. The molecule has 0 unspecified atom stereocenters. The number of rotatable bonds is 15. The van der Waals surface area contributed by atoms with E-state index in [1.807, 2.05) is 18.2 Å². The molecule has 4 heteroatoms. The van der Waals surface area contributed by atoms with Gasteiger partial charge in [-0.05, 0) is 6.42 Å². The van der Waals surface area contributed by atoms with Gasteiger partial charge in [-0.15, -0.1) is 0 Å². The summed E-state index contributed by atoms with van der Waals surface area (Å²) in [5, 5.41) is 0. The number of hydrogen-bond donors (Lipinski definition) is 0. The maximum atomic E-state index is 12.1. The molecule has 0 radical (unpaired) electrons. The third-order valence-corrected chi connectivity index (χ3v) is 4.77. The van der Waals surface area contributed by atoms with E-state index in [4.69, 9.17) is 4.74 Å². The molecule has 0 spiro atoms. The van der Waals surface area contributed by atoms with E-state index in [1.54, 1.807) is 0 Å². The Morgan fingerprint density at radius 3 is 1.93 bits per heavy atom. The molecule has 0 aliphatic rings. The van der Waals surface area contributed by atoms with Gasteiger partial charge >= 0.3 is 5.97 Å². The van der Waals surface area contributed by atoms with Crippen LogP contribution in [0.2, 0.25) is 0 Å². The molecule has 0 saturated carbocycles. The van der Waals surface area contributed by atoms with Crippen molar-refractivity contribution >= 4 is 5.97 Å². The van der Waals surface area contributed by atoms with Crippen LogP contribution in [0.25, 0.3) is 0 Å². The standard InChI is InChI=1S/C23H40NO2.ClH/c1-4-5-6-7-8-9-10-11-12-16-19-26-23(25)21-24(2,3)20-22-17-14-13-15-18-22;/h13-15,17-18H,4-12,16,19-21H2,1-3H3;1H/q+1;/p-1. The first kappa shape index (κ1) is 25.9. The van der Waals surface area contributed by atoms with Crippen LogP contribution in [-0.2, 0) is 16.1 Å². The highest BCUT2D eigenvalue weighted by molar-refractivity contribution is 5.70. The number of ether oxygens (including phenoxy) is 1. The molecule has 0 heterocycles. The summed E-state index contributed by atoms with van der Waals surface area (Å²) in [6, 6.07) is 10.3. The predicted octanol–water partition coefficient (Wildman–Crippen LogP) is 2.73. The number of carbonyl (C=O) groups excluding carboxylic acids is 1. The van der Waals surface area contributed by atoms with Gasteiger partial charge in [-0.2, -0.15) is 0 Å². The Morgan fingerprint density at radius 2 is 1.37 bits per heavy atom. The van der Waals surface area contributed by atoms with Gasteiger partial charge in [-0.25, -0.2) is 4.79 Å². The molecule has 0 bridgehead atoms. The smallest absolute Gasteiger partial charge is 0.361 e. The average Bonchev–Trinajstić information content (AvgIpc) is 2.59. The van der Waals surface area contributed by atoms with Crippen molar-refractivity contribution in [3.05, 3.63) is 35.9 Å². The molecule has 0 saturated heterocycles. The van der Waals surface area contributed by atoms with Crippen LogP contribution >= 0.6 is 0 Å². The van der Waals surface area contributed by atoms with Gasteiger partial charge < -0.3 is 21.6 Å². The van der Waals surface area contributed by atoms with Crippen LogP contribution in [0.4, 0.5) is 0 Å². The van der Waals surface area contributed by atoms with E-state index in [-0.39, 0.29) is 18.4 Å². The summed E-state index contributed by atoms with van der Waals surface area (Å²) in [5.41, 5.74) is 1.25. The summed E-state index contributed by atoms with van der Waals surface area (Å²) in [7, 11) is 4.16. The van der Waals surface area contributed by atoms with Crippen molar-refractivity contribution < 1.29 is 26.4 Å². The van der Waals surface area contributed by atoms with E-state index in [1.165, 1.54) is 63.4 Å². The van der Waals surface area contributed by atoms with Gasteiger partial charge in [0.1, 0.15) is 6.54 Å². The number of nitrogens with zero attached hydrogens (tertiary/aromatic N) is 1. The first-order chi connectivity index (χ1) is 12.5. The fourth-order valence-electron chi connectivity index (χ4n) is 3.30. The second-order valence-corrected chi connectivity index (χ2v) is 8.14. The van der Waals surface area contributed by atoms with Crippen LogP contribution < -0.4 is 12.4 Å². The summed E-state index contributed by atoms with van der Waals surface area (Å²) >= 11 is 0. The van der Waals surface area contributed by atoms with E-state index in [0.29, 0.717) is 17.6 Å². The normalized spacial score (nSPS) is 11.1. The maximum absolute atomic E-state index is 12.1. The lowest BCUT2D eigenvalue weighted by atomic mass is 10.1. The van der Waals surface area contributed by atoms with E-state index < -0.39 is 0 Å². The molecule has 156 valence electrons.